The summed E-state index contributed by atoms with van der Waals surface area (Å²) in [6.07, 6.45) is 0. The highest BCUT2D eigenvalue weighted by atomic mass is 16.5. The summed E-state index contributed by atoms with van der Waals surface area (Å²) in [6.45, 7) is 2.13. The van der Waals surface area contributed by atoms with E-state index in [9.17, 15) is 14.7 Å². The summed E-state index contributed by atoms with van der Waals surface area (Å²) in [5.74, 6) is -1.02. The number of carboxylic acids is 1. The third-order valence-corrected chi connectivity index (χ3v) is 4.06. The van der Waals surface area contributed by atoms with Gasteiger partial charge in [0.25, 0.3) is 0 Å². The zero-order valence-corrected chi connectivity index (χ0v) is 14.9. The Morgan fingerprint density at radius 3 is 2.07 bits per heavy atom. The van der Waals surface area contributed by atoms with E-state index < -0.39 is 5.97 Å². The van der Waals surface area contributed by atoms with Gasteiger partial charge >= 0.3 is 5.97 Å². The highest BCUT2D eigenvalue weighted by Gasteiger charge is 2.20. The van der Waals surface area contributed by atoms with Crippen molar-refractivity contribution in [3.05, 3.63) is 101 Å². The molecule has 0 heterocycles. The van der Waals surface area contributed by atoms with Gasteiger partial charge in [0, 0.05) is 19.5 Å². The van der Waals surface area contributed by atoms with Gasteiger partial charge < -0.3 is 9.84 Å². The first-order valence-electron chi connectivity index (χ1n) is 8.20. The van der Waals surface area contributed by atoms with Crippen LogP contribution in [-0.2, 0) is 6.61 Å². The van der Waals surface area contributed by atoms with Crippen LogP contribution in [0.25, 0.3) is 0 Å². The standard InChI is InChI=1S/C22H18O4.B/c1-15-12-18(21(23)17-10-6-3-7-11-17)19(22(24)25)13-20(15)26-14-16-8-4-2-5-9-16;/h2-13H,14H2,1H3,(H,24,25);. The van der Waals surface area contributed by atoms with Crippen LogP contribution in [0.15, 0.2) is 72.8 Å². The number of aryl methyl sites for hydroxylation is 1. The van der Waals surface area contributed by atoms with Gasteiger partial charge in [0.05, 0.1) is 5.56 Å². The summed E-state index contributed by atoms with van der Waals surface area (Å²) >= 11 is 0. The largest absolute Gasteiger partial charge is 0.489 e. The summed E-state index contributed by atoms with van der Waals surface area (Å²) in [7, 11) is 0. The molecule has 0 fully saturated rings. The van der Waals surface area contributed by atoms with E-state index in [1.165, 1.54) is 6.07 Å². The first-order valence-corrected chi connectivity index (χ1v) is 8.20. The van der Waals surface area contributed by atoms with Crippen LogP contribution < -0.4 is 4.74 Å². The molecule has 0 aliphatic heterocycles. The van der Waals surface area contributed by atoms with Crippen LogP contribution in [0.3, 0.4) is 0 Å². The molecule has 5 heteroatoms. The fourth-order valence-electron chi connectivity index (χ4n) is 2.69. The molecule has 0 aliphatic carbocycles. The predicted octanol–water partition coefficient (Wildman–Crippen LogP) is 4.12. The van der Waals surface area contributed by atoms with E-state index in [2.05, 4.69) is 0 Å². The first-order chi connectivity index (χ1) is 12.6. The predicted molar refractivity (Wildman–Crippen MR) is 105 cm³/mol. The van der Waals surface area contributed by atoms with Gasteiger partial charge in [0.15, 0.2) is 5.78 Å². The van der Waals surface area contributed by atoms with Crippen LogP contribution in [0, 0.1) is 6.92 Å². The number of ether oxygens (including phenoxy) is 1. The quantitative estimate of drug-likeness (QED) is 0.532. The molecule has 0 saturated carbocycles. The molecule has 3 radical (unpaired) electrons. The van der Waals surface area contributed by atoms with Crippen LogP contribution >= 0.6 is 0 Å². The molecule has 4 nitrogen and oxygen atoms in total. The minimum atomic E-state index is -1.16. The van der Waals surface area contributed by atoms with E-state index in [1.807, 2.05) is 30.3 Å². The minimum absolute atomic E-state index is 0. The molecule has 0 aromatic heterocycles. The van der Waals surface area contributed by atoms with E-state index in [0.717, 1.165) is 5.56 Å². The molecular weight excluding hydrogens is 339 g/mol. The molecule has 133 valence electrons. The second-order valence-electron chi connectivity index (χ2n) is 5.94. The molecule has 0 bridgehead atoms. The van der Waals surface area contributed by atoms with Crippen molar-refractivity contribution in [1.82, 2.24) is 0 Å². The van der Waals surface area contributed by atoms with Crippen molar-refractivity contribution in [2.24, 2.45) is 0 Å². The molecule has 0 aliphatic rings. The Kier molecular flexibility index (Phi) is 6.55. The zero-order valence-electron chi connectivity index (χ0n) is 14.9. The van der Waals surface area contributed by atoms with E-state index >= 15 is 0 Å². The van der Waals surface area contributed by atoms with Gasteiger partial charge in [-0.2, -0.15) is 0 Å². The first kappa shape index (κ1) is 20.0. The van der Waals surface area contributed by atoms with E-state index in [1.54, 1.807) is 43.3 Å². The molecule has 0 spiro atoms. The zero-order chi connectivity index (χ0) is 18.5. The van der Waals surface area contributed by atoms with E-state index in [0.29, 0.717) is 23.5 Å². The van der Waals surface area contributed by atoms with Crippen molar-refractivity contribution < 1.29 is 19.4 Å². The Morgan fingerprint density at radius 2 is 1.48 bits per heavy atom. The fraction of sp³-hybridized carbons (Fsp3) is 0.0909. The monoisotopic (exact) mass is 357 g/mol. The van der Waals surface area contributed by atoms with E-state index in [4.69, 9.17) is 4.74 Å². The van der Waals surface area contributed by atoms with Gasteiger partial charge in [-0.25, -0.2) is 4.79 Å². The van der Waals surface area contributed by atoms with Crippen molar-refractivity contribution in [3.8, 4) is 5.75 Å². The van der Waals surface area contributed by atoms with Crippen LogP contribution in [0.4, 0.5) is 0 Å². The maximum atomic E-state index is 12.7. The highest BCUT2D eigenvalue weighted by Crippen LogP contribution is 2.26. The number of hydrogen-bond acceptors (Lipinski definition) is 3. The average Bonchev–Trinajstić information content (AvgIpc) is 2.67. The van der Waals surface area contributed by atoms with Crippen LogP contribution in [0.1, 0.15) is 37.4 Å². The van der Waals surface area contributed by atoms with Gasteiger partial charge in [-0.1, -0.05) is 60.7 Å². The van der Waals surface area contributed by atoms with Crippen molar-refractivity contribution in [3.63, 3.8) is 0 Å². The number of rotatable bonds is 6. The number of hydrogen-bond donors (Lipinski definition) is 1. The second kappa shape index (κ2) is 8.85. The van der Waals surface area contributed by atoms with Crippen LogP contribution in [0.2, 0.25) is 0 Å². The SMILES string of the molecule is Cc1cc(C(=O)c2ccccc2)c(C(=O)O)cc1OCc1ccccc1.[B]. The Balaban J connectivity index is 0.00000261. The molecule has 0 saturated heterocycles. The number of carbonyl (C=O) groups is 2. The van der Waals surface area contributed by atoms with Crippen molar-refractivity contribution in [2.75, 3.05) is 0 Å². The second-order valence-corrected chi connectivity index (χ2v) is 5.94. The lowest BCUT2D eigenvalue weighted by atomic mass is 9.96. The molecule has 0 amide bonds. The third kappa shape index (κ3) is 4.64. The lowest BCUT2D eigenvalue weighted by Crippen LogP contribution is -2.11. The van der Waals surface area contributed by atoms with Crippen LogP contribution in [-0.4, -0.2) is 25.3 Å². The maximum absolute atomic E-state index is 12.7. The Morgan fingerprint density at radius 1 is 0.889 bits per heavy atom. The number of aromatic carboxylic acids is 1. The topological polar surface area (TPSA) is 63.6 Å². The molecule has 0 unspecified atom stereocenters. The van der Waals surface area contributed by atoms with Crippen LogP contribution in [0.5, 0.6) is 5.75 Å². The lowest BCUT2D eigenvalue weighted by molar-refractivity contribution is 0.0692. The van der Waals surface area contributed by atoms with Crippen molar-refractivity contribution >= 4 is 20.2 Å². The number of benzene rings is 3. The lowest BCUT2D eigenvalue weighted by Gasteiger charge is -2.13. The molecule has 1 N–H and O–H groups in total. The van der Waals surface area contributed by atoms with Gasteiger partial charge in [-0.05, 0) is 30.2 Å². The Labute approximate surface area is 160 Å². The minimum Gasteiger partial charge on any atom is -0.489 e. The summed E-state index contributed by atoms with van der Waals surface area (Å²) in [6, 6.07) is 21.3. The third-order valence-electron chi connectivity index (χ3n) is 4.06. The summed E-state index contributed by atoms with van der Waals surface area (Å²) < 4.78 is 5.78. The van der Waals surface area contributed by atoms with Gasteiger partial charge in [-0.3, -0.25) is 4.79 Å². The molecular formula is C22H18BO4. The fourth-order valence-corrected chi connectivity index (χ4v) is 2.69. The molecule has 0 atom stereocenters. The molecule has 3 aromatic rings. The summed E-state index contributed by atoms with van der Waals surface area (Å²) in [5, 5.41) is 9.55. The molecule has 3 aromatic carbocycles. The van der Waals surface area contributed by atoms with Gasteiger partial charge in [0.1, 0.15) is 12.4 Å². The van der Waals surface area contributed by atoms with Gasteiger partial charge in [-0.15, -0.1) is 0 Å². The van der Waals surface area contributed by atoms with Crippen molar-refractivity contribution in [1.29, 1.82) is 0 Å². The summed E-state index contributed by atoms with van der Waals surface area (Å²) in [5.41, 5.74) is 2.24. The van der Waals surface area contributed by atoms with Crippen molar-refractivity contribution in [2.45, 2.75) is 13.5 Å². The molecule has 3 rings (SSSR count). The number of carboxylic acid groups (broad SMARTS) is 1. The Hall–Kier alpha value is -3.34. The summed E-state index contributed by atoms with van der Waals surface area (Å²) in [4.78, 5) is 24.4. The van der Waals surface area contributed by atoms with Gasteiger partial charge in [0.2, 0.25) is 0 Å². The Bertz CT molecular complexity index is 937. The van der Waals surface area contributed by atoms with E-state index in [-0.39, 0.29) is 25.3 Å². The normalized spacial score (nSPS) is 9.96. The maximum Gasteiger partial charge on any atom is 0.336 e. The number of ketones is 1. The smallest absolute Gasteiger partial charge is 0.336 e. The molecule has 27 heavy (non-hydrogen) atoms. The number of carbonyl (C=O) groups excluding carboxylic acids is 1. The average molecular weight is 357 g/mol. The highest BCUT2D eigenvalue weighted by molar-refractivity contribution is 6.14.